The molecule has 0 atom stereocenters. The molecule has 1 aromatic carbocycles. The Morgan fingerprint density at radius 2 is 2.00 bits per heavy atom. The minimum Gasteiger partial charge on any atom is -0.463 e. The molecule has 2 rings (SSSR count). The Kier molecular flexibility index (Phi) is 7.77. The van der Waals surface area contributed by atoms with E-state index >= 15 is 0 Å². The molecule has 0 radical (unpaired) electrons. The van der Waals surface area contributed by atoms with Crippen molar-refractivity contribution in [2.75, 3.05) is 6.61 Å². The van der Waals surface area contributed by atoms with Crippen LogP contribution in [-0.4, -0.2) is 12.6 Å². The molecule has 0 bridgehead atoms. The van der Waals surface area contributed by atoms with Crippen molar-refractivity contribution in [2.24, 2.45) is 0 Å². The van der Waals surface area contributed by atoms with Crippen molar-refractivity contribution in [1.29, 1.82) is 0 Å². The molecule has 0 unspecified atom stereocenters. The Bertz CT molecular complexity index is 527. The third-order valence-electron chi connectivity index (χ3n) is 2.23. The van der Waals surface area contributed by atoms with Crippen molar-refractivity contribution in [1.82, 2.24) is 0 Å². The topological polar surface area (TPSA) is 26.3 Å². The van der Waals surface area contributed by atoms with Crippen LogP contribution in [0.1, 0.15) is 6.92 Å². The predicted octanol–water partition coefficient (Wildman–Crippen LogP) is 4.71. The summed E-state index contributed by atoms with van der Waals surface area (Å²) in [6.07, 6.45) is 4.39. The summed E-state index contributed by atoms with van der Waals surface area (Å²) < 4.78 is 4.57. The van der Waals surface area contributed by atoms with Crippen LogP contribution < -0.4 is 0 Å². The number of carbonyl (C=O) groups excluding carboxylic acids is 1. The van der Waals surface area contributed by atoms with Crippen molar-refractivity contribution in [2.45, 2.75) is 6.92 Å². The van der Waals surface area contributed by atoms with Gasteiger partial charge in [0.15, 0.2) is 0 Å². The molecule has 20 heavy (non-hydrogen) atoms. The molecule has 0 fully saturated rings. The highest BCUT2D eigenvalue weighted by Crippen LogP contribution is 2.23. The summed E-state index contributed by atoms with van der Waals surface area (Å²) in [5.41, 5.74) is 1.31. The molecule has 0 aliphatic carbocycles. The molecule has 0 aliphatic rings. The molecular weight excluding hydrogens is 268 g/mol. The van der Waals surface area contributed by atoms with Crippen LogP contribution in [0.2, 0.25) is 0 Å². The fraction of sp³-hybridized carbons (Fsp3) is 0.118. The lowest BCUT2D eigenvalue weighted by Crippen LogP contribution is -1.98. The summed E-state index contributed by atoms with van der Waals surface area (Å²) in [6, 6.07) is 14.6. The second-order valence-electron chi connectivity index (χ2n) is 3.69. The fourth-order valence-electron chi connectivity index (χ4n) is 1.38. The molecule has 0 saturated carbocycles. The van der Waals surface area contributed by atoms with Crippen molar-refractivity contribution in [3.8, 4) is 10.4 Å². The van der Waals surface area contributed by atoms with E-state index in [0.29, 0.717) is 6.61 Å². The van der Waals surface area contributed by atoms with Crippen LogP contribution in [0.4, 0.5) is 0 Å². The van der Waals surface area contributed by atoms with Crippen LogP contribution in [0.25, 0.3) is 10.4 Å². The molecule has 1 heterocycles. The third kappa shape index (κ3) is 6.16. The van der Waals surface area contributed by atoms with Gasteiger partial charge < -0.3 is 4.74 Å². The minimum absolute atomic E-state index is 0.322. The number of rotatable bonds is 4. The van der Waals surface area contributed by atoms with Gasteiger partial charge in [0.2, 0.25) is 0 Å². The van der Waals surface area contributed by atoms with Crippen LogP contribution in [0.3, 0.4) is 0 Å². The van der Waals surface area contributed by atoms with Gasteiger partial charge in [-0.15, -0.1) is 11.3 Å². The van der Waals surface area contributed by atoms with Gasteiger partial charge in [0.1, 0.15) is 0 Å². The van der Waals surface area contributed by atoms with Gasteiger partial charge in [-0.1, -0.05) is 55.1 Å². The van der Waals surface area contributed by atoms with Crippen LogP contribution in [-0.2, 0) is 9.53 Å². The molecular formula is C17H18O2S. The van der Waals surface area contributed by atoms with Crippen LogP contribution in [0.5, 0.6) is 0 Å². The Morgan fingerprint density at radius 1 is 1.25 bits per heavy atom. The maximum Gasteiger partial charge on any atom is 0.330 e. The average molecular weight is 286 g/mol. The zero-order valence-electron chi connectivity index (χ0n) is 11.5. The second-order valence-corrected chi connectivity index (χ2v) is 4.64. The molecule has 3 heteroatoms. The Morgan fingerprint density at radius 3 is 2.55 bits per heavy atom. The van der Waals surface area contributed by atoms with Gasteiger partial charge in [0, 0.05) is 11.0 Å². The molecule has 104 valence electrons. The zero-order valence-corrected chi connectivity index (χ0v) is 12.3. The van der Waals surface area contributed by atoms with E-state index in [1.54, 1.807) is 18.3 Å². The zero-order chi connectivity index (χ0) is 14.6. The second kappa shape index (κ2) is 9.75. The molecule has 2 aromatic rings. The van der Waals surface area contributed by atoms with Crippen LogP contribution in [0, 0.1) is 0 Å². The summed E-state index contributed by atoms with van der Waals surface area (Å²) >= 11 is 1.78. The summed E-state index contributed by atoms with van der Waals surface area (Å²) in [5, 5.41) is 2.10. The van der Waals surface area contributed by atoms with E-state index in [1.807, 2.05) is 6.07 Å². The molecule has 0 aliphatic heterocycles. The fourth-order valence-corrected chi connectivity index (χ4v) is 2.12. The van der Waals surface area contributed by atoms with Gasteiger partial charge in [0.25, 0.3) is 0 Å². The number of thiophene rings is 1. The number of esters is 1. The molecule has 0 saturated heterocycles. The van der Waals surface area contributed by atoms with E-state index in [4.69, 9.17) is 0 Å². The van der Waals surface area contributed by atoms with Gasteiger partial charge >= 0.3 is 5.97 Å². The standard InChI is InChI=1S/C10H8S.C7H10O2/c1-2-5-9(6-3-1)10-7-4-8-11-10;1-3-5-6-7(8)9-4-2/h1-8H;3,5-6H,1,4H2,2H3. The number of ether oxygens (including phenoxy) is 1. The Balaban J connectivity index is 0.000000206. The number of carbonyl (C=O) groups is 1. The minimum atomic E-state index is -0.322. The molecule has 1 aromatic heterocycles. The lowest BCUT2D eigenvalue weighted by molar-refractivity contribution is -0.137. The normalized spacial score (nSPS) is 9.65. The molecule has 2 nitrogen and oxygen atoms in total. The SMILES string of the molecule is C=CC=CC(=O)OCC.c1ccc(-c2cccs2)cc1. The Labute approximate surface area is 124 Å². The highest BCUT2D eigenvalue weighted by Gasteiger charge is 1.94. The van der Waals surface area contributed by atoms with E-state index < -0.39 is 0 Å². The lowest BCUT2D eigenvalue weighted by Gasteiger charge is -1.93. The highest BCUT2D eigenvalue weighted by atomic mass is 32.1. The first-order chi connectivity index (χ1) is 9.77. The monoisotopic (exact) mass is 286 g/mol. The lowest BCUT2D eigenvalue weighted by atomic mass is 10.2. The number of hydrogen-bond donors (Lipinski definition) is 0. The van der Waals surface area contributed by atoms with E-state index in [1.165, 1.54) is 28.7 Å². The molecule has 0 amide bonds. The maximum absolute atomic E-state index is 10.4. The number of hydrogen-bond acceptors (Lipinski definition) is 3. The van der Waals surface area contributed by atoms with Gasteiger partial charge in [-0.3, -0.25) is 0 Å². The van der Waals surface area contributed by atoms with E-state index in [9.17, 15) is 4.79 Å². The van der Waals surface area contributed by atoms with Crippen molar-refractivity contribution >= 4 is 17.3 Å². The number of benzene rings is 1. The van der Waals surface area contributed by atoms with Crippen molar-refractivity contribution in [3.63, 3.8) is 0 Å². The first-order valence-corrected chi connectivity index (χ1v) is 7.20. The van der Waals surface area contributed by atoms with Crippen molar-refractivity contribution in [3.05, 3.63) is 72.7 Å². The Hall–Kier alpha value is -2.13. The summed E-state index contributed by atoms with van der Waals surface area (Å²) in [4.78, 5) is 11.8. The van der Waals surface area contributed by atoms with E-state index in [2.05, 4.69) is 53.1 Å². The molecule has 0 N–H and O–H groups in total. The quantitative estimate of drug-likeness (QED) is 0.462. The van der Waals surface area contributed by atoms with Crippen molar-refractivity contribution < 1.29 is 9.53 Å². The maximum atomic E-state index is 10.4. The first-order valence-electron chi connectivity index (χ1n) is 6.32. The smallest absolute Gasteiger partial charge is 0.330 e. The summed E-state index contributed by atoms with van der Waals surface area (Å²) in [5.74, 6) is -0.322. The summed E-state index contributed by atoms with van der Waals surface area (Å²) in [6.45, 7) is 5.58. The molecule has 0 spiro atoms. The highest BCUT2D eigenvalue weighted by molar-refractivity contribution is 7.13. The van der Waals surface area contributed by atoms with Gasteiger partial charge in [-0.2, -0.15) is 0 Å². The van der Waals surface area contributed by atoms with Gasteiger partial charge in [-0.25, -0.2) is 4.79 Å². The van der Waals surface area contributed by atoms with E-state index in [-0.39, 0.29) is 5.97 Å². The van der Waals surface area contributed by atoms with Gasteiger partial charge in [0.05, 0.1) is 6.61 Å². The largest absolute Gasteiger partial charge is 0.463 e. The van der Waals surface area contributed by atoms with Gasteiger partial charge in [-0.05, 0) is 23.9 Å². The van der Waals surface area contributed by atoms with E-state index in [0.717, 1.165) is 0 Å². The van der Waals surface area contributed by atoms with Crippen LogP contribution >= 0.6 is 11.3 Å². The predicted molar refractivity (Wildman–Crippen MR) is 85.7 cm³/mol. The average Bonchev–Trinajstić information content (AvgIpc) is 3.01. The summed E-state index contributed by atoms with van der Waals surface area (Å²) in [7, 11) is 0. The van der Waals surface area contributed by atoms with Crippen LogP contribution in [0.15, 0.2) is 72.7 Å². The number of allylic oxidation sites excluding steroid dienone is 2. The third-order valence-corrected chi connectivity index (χ3v) is 3.15. The first kappa shape index (κ1) is 15.9.